The van der Waals surface area contributed by atoms with Crippen molar-refractivity contribution in [1.82, 2.24) is 5.32 Å². The Morgan fingerprint density at radius 2 is 1.66 bits per heavy atom. The van der Waals surface area contributed by atoms with Crippen LogP contribution < -0.4 is 15.4 Å². The summed E-state index contributed by atoms with van der Waals surface area (Å²) in [6.45, 7) is 3.89. The number of carbonyl (C=O) groups excluding carboxylic acids is 1. The minimum atomic E-state index is -0.388. The molecule has 148 valence electrons. The van der Waals surface area contributed by atoms with Gasteiger partial charge >= 0.3 is 0 Å². The van der Waals surface area contributed by atoms with E-state index in [1.165, 1.54) is 0 Å². The van der Waals surface area contributed by atoms with E-state index in [1.54, 1.807) is 7.11 Å². The van der Waals surface area contributed by atoms with Gasteiger partial charge in [0.25, 0.3) is 0 Å². The van der Waals surface area contributed by atoms with Crippen LogP contribution in [0.3, 0.4) is 0 Å². The number of amides is 1. The average molecular weight is 388 g/mol. The highest BCUT2D eigenvalue weighted by molar-refractivity contribution is 6.08. The molecule has 1 aromatic heterocycles. The number of methoxy groups -OCH3 is 1. The van der Waals surface area contributed by atoms with Gasteiger partial charge in [0.2, 0.25) is 5.91 Å². The molecule has 1 amide bonds. The summed E-state index contributed by atoms with van der Waals surface area (Å²) in [5.41, 5.74) is 3.24. The van der Waals surface area contributed by atoms with Gasteiger partial charge in [-0.15, -0.1) is 0 Å². The average Bonchev–Trinajstić information content (AvgIpc) is 3.11. The van der Waals surface area contributed by atoms with Crippen LogP contribution in [-0.2, 0) is 4.79 Å². The van der Waals surface area contributed by atoms with E-state index in [2.05, 4.69) is 10.6 Å². The lowest BCUT2D eigenvalue weighted by atomic mass is 10.1. The lowest BCUT2D eigenvalue weighted by Crippen LogP contribution is -2.39. The fourth-order valence-corrected chi connectivity index (χ4v) is 3.55. The second kappa shape index (κ2) is 7.97. The van der Waals surface area contributed by atoms with E-state index in [4.69, 9.17) is 9.15 Å². The van der Waals surface area contributed by atoms with Crippen molar-refractivity contribution >= 4 is 33.5 Å². The van der Waals surface area contributed by atoms with Gasteiger partial charge < -0.3 is 14.5 Å². The molecule has 5 heteroatoms. The number of ether oxygens (including phenoxy) is 1. The molecule has 0 aliphatic heterocycles. The van der Waals surface area contributed by atoms with Gasteiger partial charge in [-0.25, -0.2) is 0 Å². The lowest BCUT2D eigenvalue weighted by Gasteiger charge is -2.20. The normalized spacial score (nSPS) is 13.3. The summed E-state index contributed by atoms with van der Waals surface area (Å²) in [6, 6.07) is 21.3. The third-order valence-electron chi connectivity index (χ3n) is 5.15. The van der Waals surface area contributed by atoms with Crippen molar-refractivity contribution in [3.8, 4) is 5.75 Å². The minimum absolute atomic E-state index is 0.0525. The van der Waals surface area contributed by atoms with Gasteiger partial charge in [-0.3, -0.25) is 10.1 Å². The first kappa shape index (κ1) is 19.0. The van der Waals surface area contributed by atoms with E-state index in [-0.39, 0.29) is 18.0 Å². The highest BCUT2D eigenvalue weighted by atomic mass is 16.5. The Hall–Kier alpha value is -3.31. The van der Waals surface area contributed by atoms with Crippen molar-refractivity contribution in [1.29, 1.82) is 0 Å². The Morgan fingerprint density at radius 1 is 0.931 bits per heavy atom. The largest absolute Gasteiger partial charge is 0.495 e. The first-order valence-corrected chi connectivity index (χ1v) is 9.68. The lowest BCUT2D eigenvalue weighted by molar-refractivity contribution is -0.117. The molecule has 0 radical (unpaired) electrons. The van der Waals surface area contributed by atoms with Crippen LogP contribution in [0.1, 0.15) is 25.5 Å². The van der Waals surface area contributed by atoms with Gasteiger partial charge in [-0.05, 0) is 31.5 Å². The quantitative estimate of drug-likeness (QED) is 0.472. The summed E-state index contributed by atoms with van der Waals surface area (Å²) in [5.74, 6) is 0.460. The molecule has 29 heavy (non-hydrogen) atoms. The fourth-order valence-electron chi connectivity index (χ4n) is 3.55. The van der Waals surface area contributed by atoms with Gasteiger partial charge in [0, 0.05) is 22.9 Å². The number of furan rings is 1. The number of anilines is 1. The summed E-state index contributed by atoms with van der Waals surface area (Å²) in [4.78, 5) is 12.8. The van der Waals surface area contributed by atoms with E-state index >= 15 is 0 Å². The maximum absolute atomic E-state index is 12.8. The van der Waals surface area contributed by atoms with Gasteiger partial charge in [-0.1, -0.05) is 48.5 Å². The van der Waals surface area contributed by atoms with Crippen molar-refractivity contribution < 1.29 is 13.9 Å². The van der Waals surface area contributed by atoms with Gasteiger partial charge in [-0.2, -0.15) is 0 Å². The Labute approximate surface area is 169 Å². The molecule has 0 unspecified atom stereocenters. The highest BCUT2D eigenvalue weighted by Gasteiger charge is 2.19. The van der Waals surface area contributed by atoms with Crippen LogP contribution in [0.4, 0.5) is 5.69 Å². The monoisotopic (exact) mass is 388 g/mol. The SMILES string of the molecule is COc1cc2c(cc1NC(=O)[C@H](C)N[C@H](C)c1ccccc1)oc1ccccc12. The van der Waals surface area contributed by atoms with Crippen LogP contribution in [0.5, 0.6) is 5.75 Å². The first-order chi connectivity index (χ1) is 14.1. The Kier molecular flexibility index (Phi) is 5.23. The smallest absolute Gasteiger partial charge is 0.241 e. The summed E-state index contributed by atoms with van der Waals surface area (Å²) in [7, 11) is 1.60. The topological polar surface area (TPSA) is 63.5 Å². The maximum atomic E-state index is 12.8. The van der Waals surface area contributed by atoms with E-state index in [0.29, 0.717) is 17.0 Å². The van der Waals surface area contributed by atoms with Crippen LogP contribution in [0.25, 0.3) is 21.9 Å². The second-order valence-electron chi connectivity index (χ2n) is 7.16. The highest BCUT2D eigenvalue weighted by Crippen LogP contribution is 2.36. The van der Waals surface area contributed by atoms with Crippen molar-refractivity contribution in [2.75, 3.05) is 12.4 Å². The molecule has 0 bridgehead atoms. The standard InChI is InChI=1S/C24H24N2O3/c1-15(17-9-5-4-6-10-17)25-16(2)24(27)26-20-14-22-19(13-23(20)28-3)18-11-7-8-12-21(18)29-22/h4-16,25H,1-3H3,(H,26,27)/t15-,16+/m1/s1. The zero-order valence-electron chi connectivity index (χ0n) is 16.7. The van der Waals surface area contributed by atoms with Crippen molar-refractivity contribution in [2.24, 2.45) is 0 Å². The zero-order valence-corrected chi connectivity index (χ0v) is 16.7. The second-order valence-corrected chi connectivity index (χ2v) is 7.16. The Bertz CT molecular complexity index is 1150. The molecular weight excluding hydrogens is 364 g/mol. The number of fused-ring (bicyclic) bond motifs is 3. The van der Waals surface area contributed by atoms with Crippen LogP contribution in [-0.4, -0.2) is 19.1 Å². The maximum Gasteiger partial charge on any atom is 0.241 e. The summed E-state index contributed by atoms with van der Waals surface area (Å²) in [6.07, 6.45) is 0. The van der Waals surface area contributed by atoms with Gasteiger partial charge in [0.15, 0.2) is 0 Å². The van der Waals surface area contributed by atoms with Crippen molar-refractivity contribution in [3.05, 3.63) is 72.3 Å². The third-order valence-corrected chi connectivity index (χ3v) is 5.15. The van der Waals surface area contributed by atoms with E-state index in [0.717, 1.165) is 21.9 Å². The van der Waals surface area contributed by atoms with Crippen LogP contribution >= 0.6 is 0 Å². The fraction of sp³-hybridized carbons (Fsp3) is 0.208. The van der Waals surface area contributed by atoms with E-state index < -0.39 is 0 Å². The molecule has 4 rings (SSSR count). The molecule has 3 aromatic carbocycles. The molecule has 0 fully saturated rings. The molecule has 0 aliphatic rings. The van der Waals surface area contributed by atoms with E-state index in [1.807, 2.05) is 80.6 Å². The molecule has 4 aromatic rings. The number of rotatable bonds is 6. The van der Waals surface area contributed by atoms with Gasteiger partial charge in [0.1, 0.15) is 16.9 Å². The summed E-state index contributed by atoms with van der Waals surface area (Å²) < 4.78 is 11.5. The van der Waals surface area contributed by atoms with Crippen LogP contribution in [0.15, 0.2) is 71.1 Å². The van der Waals surface area contributed by atoms with Crippen molar-refractivity contribution in [3.63, 3.8) is 0 Å². The summed E-state index contributed by atoms with van der Waals surface area (Å²) in [5, 5.41) is 8.28. The molecule has 0 saturated carbocycles. The number of carbonyl (C=O) groups is 1. The predicted molar refractivity (Wildman–Crippen MR) is 116 cm³/mol. The molecule has 0 saturated heterocycles. The molecule has 0 spiro atoms. The number of hydrogen-bond acceptors (Lipinski definition) is 4. The van der Waals surface area contributed by atoms with Crippen LogP contribution in [0, 0.1) is 0 Å². The minimum Gasteiger partial charge on any atom is -0.495 e. The van der Waals surface area contributed by atoms with E-state index in [9.17, 15) is 4.79 Å². The number of nitrogens with one attached hydrogen (secondary N) is 2. The van der Waals surface area contributed by atoms with Crippen molar-refractivity contribution in [2.45, 2.75) is 25.9 Å². The number of hydrogen-bond donors (Lipinski definition) is 2. The van der Waals surface area contributed by atoms with Crippen LogP contribution in [0.2, 0.25) is 0 Å². The summed E-state index contributed by atoms with van der Waals surface area (Å²) >= 11 is 0. The Morgan fingerprint density at radius 3 is 2.41 bits per heavy atom. The molecule has 0 aliphatic carbocycles. The molecular formula is C24H24N2O3. The third kappa shape index (κ3) is 3.82. The number of benzene rings is 3. The molecule has 5 nitrogen and oxygen atoms in total. The molecule has 2 atom stereocenters. The molecule has 1 heterocycles. The van der Waals surface area contributed by atoms with Gasteiger partial charge in [0.05, 0.1) is 18.8 Å². The molecule has 2 N–H and O–H groups in total. The first-order valence-electron chi connectivity index (χ1n) is 9.68. The Balaban J connectivity index is 1.56. The zero-order chi connectivity index (χ0) is 20.4. The predicted octanol–water partition coefficient (Wildman–Crippen LogP) is 5.27. The number of para-hydroxylation sites is 1.